The number of aromatic nitrogens is 1. The van der Waals surface area contributed by atoms with Gasteiger partial charge < -0.3 is 5.32 Å². The molecule has 0 saturated heterocycles. The van der Waals surface area contributed by atoms with Crippen LogP contribution in [0.2, 0.25) is 0 Å². The summed E-state index contributed by atoms with van der Waals surface area (Å²) in [5.41, 5.74) is 3.51. The largest absolute Gasteiger partial charge is 0.366 e. The summed E-state index contributed by atoms with van der Waals surface area (Å²) in [5.74, 6) is 0.0709. The summed E-state index contributed by atoms with van der Waals surface area (Å²) in [5, 5.41) is 3.11. The quantitative estimate of drug-likeness (QED) is 0.711. The molecule has 0 aliphatic heterocycles. The topological polar surface area (TPSA) is 24.9 Å². The fraction of sp³-hybridized carbons (Fsp3) is 0.0556. The lowest BCUT2D eigenvalue weighted by molar-refractivity contribution is 0.585. The molecule has 3 aromatic rings. The van der Waals surface area contributed by atoms with Crippen molar-refractivity contribution in [2.24, 2.45) is 0 Å². The Hall–Kier alpha value is -2.68. The Balaban J connectivity index is 1.68. The highest BCUT2D eigenvalue weighted by Gasteiger charge is 1.99. The van der Waals surface area contributed by atoms with Gasteiger partial charge in [0.05, 0.1) is 0 Å². The van der Waals surface area contributed by atoms with Gasteiger partial charge in [-0.15, -0.1) is 0 Å². The Labute approximate surface area is 123 Å². The predicted octanol–water partition coefficient (Wildman–Crippen LogP) is 4.50. The second kappa shape index (κ2) is 6.18. The molecule has 0 radical (unpaired) electrons. The third-order valence-corrected chi connectivity index (χ3v) is 3.25. The highest BCUT2D eigenvalue weighted by Crippen LogP contribution is 2.19. The highest BCUT2D eigenvalue weighted by molar-refractivity contribution is 5.63. The van der Waals surface area contributed by atoms with E-state index in [9.17, 15) is 4.39 Å². The van der Waals surface area contributed by atoms with Crippen LogP contribution in [-0.2, 0) is 6.54 Å². The van der Waals surface area contributed by atoms with E-state index in [1.807, 2.05) is 18.2 Å². The van der Waals surface area contributed by atoms with E-state index in [0.717, 1.165) is 5.56 Å². The molecule has 0 bridgehead atoms. The minimum absolute atomic E-state index is 0.473. The zero-order valence-electron chi connectivity index (χ0n) is 11.5. The van der Waals surface area contributed by atoms with Gasteiger partial charge in [0.2, 0.25) is 5.95 Å². The Morgan fingerprint density at radius 2 is 1.48 bits per heavy atom. The number of halogens is 1. The Morgan fingerprint density at radius 3 is 2.19 bits per heavy atom. The standard InChI is InChI=1S/C18H15FN2/c19-17-7-4-8-18(21-17)20-13-14-9-11-16(12-10-14)15-5-2-1-3-6-15/h1-12H,13H2,(H,20,21). The third-order valence-electron chi connectivity index (χ3n) is 3.25. The van der Waals surface area contributed by atoms with E-state index in [0.29, 0.717) is 12.4 Å². The molecule has 1 N–H and O–H groups in total. The highest BCUT2D eigenvalue weighted by atomic mass is 19.1. The Morgan fingerprint density at radius 1 is 0.762 bits per heavy atom. The number of hydrogen-bond donors (Lipinski definition) is 1. The maximum absolute atomic E-state index is 13.0. The van der Waals surface area contributed by atoms with Gasteiger partial charge in [-0.25, -0.2) is 4.98 Å². The lowest BCUT2D eigenvalue weighted by Gasteiger charge is -2.07. The van der Waals surface area contributed by atoms with Crippen molar-refractivity contribution in [1.29, 1.82) is 0 Å². The van der Waals surface area contributed by atoms with Crippen molar-refractivity contribution < 1.29 is 4.39 Å². The van der Waals surface area contributed by atoms with Crippen LogP contribution in [0.25, 0.3) is 11.1 Å². The third kappa shape index (κ3) is 3.45. The lowest BCUT2D eigenvalue weighted by Crippen LogP contribution is -2.01. The first-order valence-corrected chi connectivity index (χ1v) is 6.82. The molecule has 1 heterocycles. The predicted molar refractivity (Wildman–Crippen MR) is 83.4 cm³/mol. The van der Waals surface area contributed by atoms with Crippen LogP contribution in [0.15, 0.2) is 72.8 Å². The molecule has 0 fully saturated rings. The molecule has 3 heteroatoms. The fourth-order valence-corrected chi connectivity index (χ4v) is 2.14. The van der Waals surface area contributed by atoms with E-state index < -0.39 is 5.95 Å². The van der Waals surface area contributed by atoms with Crippen molar-refractivity contribution in [2.45, 2.75) is 6.54 Å². The van der Waals surface area contributed by atoms with Gasteiger partial charge in [-0.3, -0.25) is 0 Å². The number of nitrogens with one attached hydrogen (secondary N) is 1. The van der Waals surface area contributed by atoms with Crippen LogP contribution in [0.5, 0.6) is 0 Å². The molecule has 1 aromatic heterocycles. The van der Waals surface area contributed by atoms with Gasteiger partial charge in [-0.1, -0.05) is 60.7 Å². The molecule has 2 aromatic carbocycles. The summed E-state index contributed by atoms with van der Waals surface area (Å²) in [7, 11) is 0. The minimum Gasteiger partial charge on any atom is -0.366 e. The molecule has 0 aliphatic carbocycles. The molecular formula is C18H15FN2. The van der Waals surface area contributed by atoms with E-state index in [-0.39, 0.29) is 0 Å². The smallest absolute Gasteiger partial charge is 0.214 e. The number of benzene rings is 2. The first-order valence-electron chi connectivity index (χ1n) is 6.82. The van der Waals surface area contributed by atoms with Crippen LogP contribution in [0.4, 0.5) is 10.2 Å². The zero-order valence-corrected chi connectivity index (χ0v) is 11.5. The second-order valence-electron chi connectivity index (χ2n) is 4.76. The van der Waals surface area contributed by atoms with E-state index in [1.165, 1.54) is 17.2 Å². The summed E-state index contributed by atoms with van der Waals surface area (Å²) < 4.78 is 13.0. The van der Waals surface area contributed by atoms with Crippen LogP contribution in [0, 0.1) is 5.95 Å². The average Bonchev–Trinajstić information content (AvgIpc) is 2.54. The number of rotatable bonds is 4. The van der Waals surface area contributed by atoms with E-state index in [1.54, 1.807) is 12.1 Å². The van der Waals surface area contributed by atoms with Gasteiger partial charge in [0.1, 0.15) is 5.82 Å². The van der Waals surface area contributed by atoms with Crippen molar-refractivity contribution in [1.82, 2.24) is 4.98 Å². The molecule has 21 heavy (non-hydrogen) atoms. The van der Waals surface area contributed by atoms with Crippen LogP contribution < -0.4 is 5.32 Å². The van der Waals surface area contributed by atoms with Gasteiger partial charge in [0.25, 0.3) is 0 Å². The fourth-order valence-electron chi connectivity index (χ4n) is 2.14. The van der Waals surface area contributed by atoms with Crippen molar-refractivity contribution in [2.75, 3.05) is 5.32 Å². The number of nitrogens with zero attached hydrogens (tertiary/aromatic N) is 1. The number of hydrogen-bond acceptors (Lipinski definition) is 2. The summed E-state index contributed by atoms with van der Waals surface area (Å²) in [6.45, 7) is 0.617. The first kappa shape index (κ1) is 13.3. The zero-order chi connectivity index (χ0) is 14.5. The Bertz CT molecular complexity index is 709. The van der Waals surface area contributed by atoms with Gasteiger partial charge in [0.15, 0.2) is 0 Å². The molecule has 3 rings (SSSR count). The molecule has 2 nitrogen and oxygen atoms in total. The molecule has 0 spiro atoms. The summed E-state index contributed by atoms with van der Waals surface area (Å²) in [4.78, 5) is 3.78. The normalized spacial score (nSPS) is 10.3. The van der Waals surface area contributed by atoms with Crippen molar-refractivity contribution in [3.05, 3.63) is 84.3 Å². The maximum atomic E-state index is 13.0. The molecule has 0 unspecified atom stereocenters. The van der Waals surface area contributed by atoms with Gasteiger partial charge >= 0.3 is 0 Å². The SMILES string of the molecule is Fc1cccc(NCc2ccc(-c3ccccc3)cc2)n1. The average molecular weight is 278 g/mol. The summed E-state index contributed by atoms with van der Waals surface area (Å²) in [6.07, 6.45) is 0. The molecule has 104 valence electrons. The number of pyridine rings is 1. The van der Waals surface area contributed by atoms with Crippen LogP contribution >= 0.6 is 0 Å². The first-order chi connectivity index (χ1) is 10.3. The molecule has 0 amide bonds. The minimum atomic E-state index is -0.473. The Kier molecular flexibility index (Phi) is 3.92. The summed E-state index contributed by atoms with van der Waals surface area (Å²) in [6, 6.07) is 23.3. The van der Waals surface area contributed by atoms with Gasteiger partial charge in [-0.2, -0.15) is 4.39 Å². The summed E-state index contributed by atoms with van der Waals surface area (Å²) >= 11 is 0. The molecule has 0 aliphatic rings. The van der Waals surface area contributed by atoms with Gasteiger partial charge in [-0.05, 0) is 28.8 Å². The van der Waals surface area contributed by atoms with E-state index >= 15 is 0 Å². The monoisotopic (exact) mass is 278 g/mol. The van der Waals surface area contributed by atoms with Crippen molar-refractivity contribution >= 4 is 5.82 Å². The van der Waals surface area contributed by atoms with Gasteiger partial charge in [0, 0.05) is 6.54 Å². The molecular weight excluding hydrogens is 263 g/mol. The van der Waals surface area contributed by atoms with Crippen molar-refractivity contribution in [3.8, 4) is 11.1 Å². The lowest BCUT2D eigenvalue weighted by atomic mass is 10.0. The van der Waals surface area contributed by atoms with Crippen LogP contribution in [0.1, 0.15) is 5.56 Å². The van der Waals surface area contributed by atoms with E-state index in [2.05, 4.69) is 46.7 Å². The molecule has 0 atom stereocenters. The van der Waals surface area contributed by atoms with Crippen LogP contribution in [-0.4, -0.2) is 4.98 Å². The van der Waals surface area contributed by atoms with E-state index in [4.69, 9.17) is 0 Å². The second-order valence-corrected chi connectivity index (χ2v) is 4.76. The molecule has 0 saturated carbocycles. The van der Waals surface area contributed by atoms with Crippen molar-refractivity contribution in [3.63, 3.8) is 0 Å². The maximum Gasteiger partial charge on any atom is 0.214 e. The number of anilines is 1. The van der Waals surface area contributed by atoms with Crippen LogP contribution in [0.3, 0.4) is 0 Å².